The number of hydrogen-bond donors (Lipinski definition) is 2. The largest absolute Gasteiger partial charge is 0.348 e. The number of imidazole rings is 1. The summed E-state index contributed by atoms with van der Waals surface area (Å²) < 4.78 is 1.64. The molecular weight excluding hydrogens is 376 g/mol. The van der Waals surface area contributed by atoms with Crippen LogP contribution >= 0.6 is 11.6 Å². The Morgan fingerprint density at radius 2 is 1.75 bits per heavy atom. The number of amides is 2. The summed E-state index contributed by atoms with van der Waals surface area (Å²) in [5.41, 5.74) is 1.49. The lowest BCUT2D eigenvalue weighted by atomic mass is 9.95. The number of nitrogens with zero attached hydrogens (tertiary/aromatic N) is 2. The maximum Gasteiger partial charge on any atom is 0.292 e. The van der Waals surface area contributed by atoms with Crippen molar-refractivity contribution in [2.45, 2.75) is 38.1 Å². The zero-order valence-electron chi connectivity index (χ0n) is 15.3. The van der Waals surface area contributed by atoms with E-state index in [1.165, 1.54) is 6.42 Å². The van der Waals surface area contributed by atoms with E-state index in [2.05, 4.69) is 15.6 Å². The summed E-state index contributed by atoms with van der Waals surface area (Å²) in [7, 11) is 0. The van der Waals surface area contributed by atoms with Crippen LogP contribution < -0.4 is 10.6 Å². The van der Waals surface area contributed by atoms with Crippen molar-refractivity contribution in [3.8, 4) is 0 Å². The number of halogens is 1. The topological polar surface area (TPSA) is 75.5 Å². The summed E-state index contributed by atoms with van der Waals surface area (Å²) in [5.74, 6) is -0.458. The van der Waals surface area contributed by atoms with Crippen LogP contribution in [-0.2, 0) is 0 Å². The van der Waals surface area contributed by atoms with Gasteiger partial charge in [-0.05, 0) is 49.2 Å². The van der Waals surface area contributed by atoms with Crippen LogP contribution in [0.2, 0.25) is 5.02 Å². The minimum Gasteiger partial charge on any atom is -0.348 e. The van der Waals surface area contributed by atoms with Crippen molar-refractivity contribution in [1.29, 1.82) is 0 Å². The fraction of sp³-hybridized carbons (Fsp3) is 0.286. The molecule has 7 heteroatoms. The van der Waals surface area contributed by atoms with Crippen molar-refractivity contribution in [3.05, 3.63) is 65.2 Å². The SMILES string of the molecule is O=C(NC1CCCCC1)c1nc(C(=O)Nc2ccc(Cl)cc2)n2ccccc12. The van der Waals surface area contributed by atoms with Gasteiger partial charge in [-0.15, -0.1) is 0 Å². The van der Waals surface area contributed by atoms with Crippen molar-refractivity contribution in [2.24, 2.45) is 0 Å². The zero-order chi connectivity index (χ0) is 19.5. The minimum absolute atomic E-state index is 0.166. The van der Waals surface area contributed by atoms with E-state index in [1.807, 2.05) is 6.07 Å². The molecule has 0 aliphatic heterocycles. The maximum atomic E-state index is 12.8. The van der Waals surface area contributed by atoms with E-state index >= 15 is 0 Å². The van der Waals surface area contributed by atoms with Gasteiger partial charge < -0.3 is 10.6 Å². The van der Waals surface area contributed by atoms with Gasteiger partial charge in [0, 0.05) is 22.9 Å². The number of fused-ring (bicyclic) bond motifs is 1. The van der Waals surface area contributed by atoms with E-state index in [0.29, 0.717) is 16.2 Å². The summed E-state index contributed by atoms with van der Waals surface area (Å²) in [6.07, 6.45) is 7.18. The van der Waals surface area contributed by atoms with E-state index < -0.39 is 0 Å². The number of carbonyl (C=O) groups excluding carboxylic acids is 2. The summed E-state index contributed by atoms with van der Waals surface area (Å²) in [6, 6.07) is 12.4. The van der Waals surface area contributed by atoms with Gasteiger partial charge in [-0.1, -0.05) is 36.9 Å². The molecule has 0 atom stereocenters. The molecule has 2 N–H and O–H groups in total. The lowest BCUT2D eigenvalue weighted by molar-refractivity contribution is 0.0925. The number of anilines is 1. The molecule has 1 fully saturated rings. The zero-order valence-corrected chi connectivity index (χ0v) is 16.1. The van der Waals surface area contributed by atoms with Crippen molar-refractivity contribution in [3.63, 3.8) is 0 Å². The molecule has 2 amide bonds. The summed E-state index contributed by atoms with van der Waals surface area (Å²) in [5, 5.41) is 6.46. The van der Waals surface area contributed by atoms with Crippen molar-refractivity contribution < 1.29 is 9.59 Å². The minimum atomic E-state index is -0.389. The molecule has 0 saturated heterocycles. The van der Waals surface area contributed by atoms with E-state index in [1.54, 1.807) is 47.0 Å². The average Bonchev–Trinajstić information content (AvgIpc) is 3.10. The third-order valence-electron chi connectivity index (χ3n) is 5.01. The summed E-state index contributed by atoms with van der Waals surface area (Å²) in [6.45, 7) is 0. The molecule has 1 aromatic carbocycles. The van der Waals surface area contributed by atoms with Gasteiger partial charge in [-0.3, -0.25) is 14.0 Å². The molecule has 0 bridgehead atoms. The molecule has 1 aliphatic carbocycles. The second kappa shape index (κ2) is 8.02. The van der Waals surface area contributed by atoms with Gasteiger partial charge in [0.05, 0.1) is 5.52 Å². The Balaban J connectivity index is 1.61. The number of carbonyl (C=O) groups is 2. The van der Waals surface area contributed by atoms with Crippen LogP contribution in [0.3, 0.4) is 0 Å². The first-order chi connectivity index (χ1) is 13.6. The molecule has 0 unspecified atom stereocenters. The van der Waals surface area contributed by atoms with Gasteiger partial charge >= 0.3 is 0 Å². The molecular formula is C21H21ClN4O2. The molecule has 28 heavy (non-hydrogen) atoms. The van der Waals surface area contributed by atoms with Gasteiger partial charge in [0.15, 0.2) is 5.69 Å². The summed E-state index contributed by atoms with van der Waals surface area (Å²) >= 11 is 5.89. The van der Waals surface area contributed by atoms with Gasteiger partial charge in [0.1, 0.15) is 0 Å². The first kappa shape index (κ1) is 18.5. The van der Waals surface area contributed by atoms with Crippen LogP contribution in [0, 0.1) is 0 Å². The van der Waals surface area contributed by atoms with Gasteiger partial charge in [-0.25, -0.2) is 4.98 Å². The molecule has 144 valence electrons. The number of pyridine rings is 1. The average molecular weight is 397 g/mol. The Morgan fingerprint density at radius 1 is 1.00 bits per heavy atom. The van der Waals surface area contributed by atoms with E-state index in [4.69, 9.17) is 11.6 Å². The number of aromatic nitrogens is 2. The molecule has 1 aliphatic rings. The van der Waals surface area contributed by atoms with E-state index in [-0.39, 0.29) is 29.4 Å². The normalized spacial score (nSPS) is 14.8. The predicted molar refractivity (Wildman–Crippen MR) is 109 cm³/mol. The third kappa shape index (κ3) is 3.87. The maximum absolute atomic E-state index is 12.8. The fourth-order valence-corrected chi connectivity index (χ4v) is 3.71. The molecule has 0 spiro atoms. The molecule has 6 nitrogen and oxygen atoms in total. The third-order valence-corrected chi connectivity index (χ3v) is 5.26. The monoisotopic (exact) mass is 396 g/mol. The first-order valence-corrected chi connectivity index (χ1v) is 9.84. The molecule has 0 radical (unpaired) electrons. The van der Waals surface area contributed by atoms with Crippen LogP contribution in [0.25, 0.3) is 5.52 Å². The highest BCUT2D eigenvalue weighted by molar-refractivity contribution is 6.30. The van der Waals surface area contributed by atoms with Crippen LogP contribution in [-0.4, -0.2) is 27.2 Å². The van der Waals surface area contributed by atoms with Gasteiger partial charge in [0.2, 0.25) is 5.82 Å². The summed E-state index contributed by atoms with van der Waals surface area (Å²) in [4.78, 5) is 30.0. The van der Waals surface area contributed by atoms with Crippen molar-refractivity contribution >= 4 is 34.6 Å². The van der Waals surface area contributed by atoms with Crippen molar-refractivity contribution in [2.75, 3.05) is 5.32 Å². The molecule has 1 saturated carbocycles. The molecule has 2 aromatic heterocycles. The van der Waals surface area contributed by atoms with E-state index in [9.17, 15) is 9.59 Å². The number of hydrogen-bond acceptors (Lipinski definition) is 3. The quantitative estimate of drug-likeness (QED) is 0.690. The number of nitrogens with one attached hydrogen (secondary N) is 2. The van der Waals surface area contributed by atoms with Crippen molar-refractivity contribution in [1.82, 2.24) is 14.7 Å². The highest BCUT2D eigenvalue weighted by Crippen LogP contribution is 2.20. The Bertz CT molecular complexity index is 1010. The Labute approximate surface area is 167 Å². The molecule has 3 aromatic rings. The standard InChI is InChI=1S/C21H21ClN4O2/c22-14-9-11-16(12-10-14)24-21(28)19-25-18(17-8-4-5-13-26(17)19)20(27)23-15-6-2-1-3-7-15/h4-5,8-13,15H,1-3,6-7H2,(H,23,27)(H,24,28). The number of benzene rings is 1. The Morgan fingerprint density at radius 3 is 2.50 bits per heavy atom. The van der Waals surface area contributed by atoms with Gasteiger partial charge in [0.25, 0.3) is 11.8 Å². The predicted octanol–water partition coefficient (Wildman–Crippen LogP) is 4.30. The fourth-order valence-electron chi connectivity index (χ4n) is 3.59. The van der Waals surface area contributed by atoms with Crippen LogP contribution in [0.4, 0.5) is 5.69 Å². The second-order valence-corrected chi connectivity index (χ2v) is 7.45. The molecule has 4 rings (SSSR count). The van der Waals surface area contributed by atoms with Crippen LogP contribution in [0.5, 0.6) is 0 Å². The van der Waals surface area contributed by atoms with Crippen LogP contribution in [0.15, 0.2) is 48.7 Å². The lowest BCUT2D eigenvalue weighted by Crippen LogP contribution is -2.36. The highest BCUT2D eigenvalue weighted by Gasteiger charge is 2.24. The number of rotatable bonds is 4. The first-order valence-electron chi connectivity index (χ1n) is 9.47. The smallest absolute Gasteiger partial charge is 0.292 e. The lowest BCUT2D eigenvalue weighted by Gasteiger charge is -2.22. The highest BCUT2D eigenvalue weighted by atomic mass is 35.5. The Hall–Kier alpha value is -2.86. The van der Waals surface area contributed by atoms with E-state index in [0.717, 1.165) is 25.7 Å². The molecule has 2 heterocycles. The second-order valence-electron chi connectivity index (χ2n) is 7.01. The Kier molecular flexibility index (Phi) is 5.30. The van der Waals surface area contributed by atoms with Gasteiger partial charge in [-0.2, -0.15) is 0 Å². The van der Waals surface area contributed by atoms with Crippen LogP contribution in [0.1, 0.15) is 53.2 Å².